The zero-order valence-electron chi connectivity index (χ0n) is 30.7. The van der Waals surface area contributed by atoms with Gasteiger partial charge in [-0.2, -0.15) is 13.2 Å². The Morgan fingerprint density at radius 1 is 0.673 bits per heavy atom. The molecule has 9 heteroatoms. The number of anilines is 1. The van der Waals surface area contributed by atoms with Gasteiger partial charge in [0.25, 0.3) is 0 Å². The van der Waals surface area contributed by atoms with Crippen LogP contribution in [-0.2, 0) is 48.2 Å². The molecule has 0 spiro atoms. The van der Waals surface area contributed by atoms with Gasteiger partial charge in [-0.15, -0.1) is 0 Å². The molecular weight excluding hydrogens is 698 g/mol. The van der Waals surface area contributed by atoms with Crippen molar-refractivity contribution in [3.05, 3.63) is 178 Å². The van der Waals surface area contributed by atoms with E-state index in [4.69, 9.17) is 0 Å². The van der Waals surface area contributed by atoms with E-state index < -0.39 is 23.7 Å². The molecule has 0 N–H and O–H groups in total. The molecule has 2 aliphatic heterocycles. The molecule has 1 fully saturated rings. The Hall–Kier alpha value is -5.67. The number of fused-ring (bicyclic) bond motifs is 1. The molecule has 1 saturated heterocycles. The second-order valence-corrected chi connectivity index (χ2v) is 14.3. The Labute approximate surface area is 321 Å². The van der Waals surface area contributed by atoms with Crippen molar-refractivity contribution in [2.45, 2.75) is 44.7 Å². The zero-order chi connectivity index (χ0) is 38.2. The van der Waals surface area contributed by atoms with Crippen LogP contribution in [0.4, 0.5) is 18.9 Å². The molecule has 2 aliphatic rings. The average Bonchev–Trinajstić information content (AvgIpc) is 3.22. The Morgan fingerprint density at radius 3 is 1.95 bits per heavy atom. The highest BCUT2D eigenvalue weighted by Gasteiger charge is 2.34. The number of rotatable bonds is 11. The van der Waals surface area contributed by atoms with E-state index in [0.29, 0.717) is 38.2 Å². The molecule has 2 heterocycles. The van der Waals surface area contributed by atoms with Crippen molar-refractivity contribution in [2.24, 2.45) is 0 Å². The van der Waals surface area contributed by atoms with Crippen molar-refractivity contribution in [3.63, 3.8) is 0 Å². The van der Waals surface area contributed by atoms with Crippen LogP contribution < -0.4 is 4.90 Å². The monoisotopic (exact) mass is 742 g/mol. The Kier molecular flexibility index (Phi) is 11.8. The Balaban J connectivity index is 1.14. The van der Waals surface area contributed by atoms with Gasteiger partial charge in [0, 0.05) is 70.5 Å². The lowest BCUT2D eigenvalue weighted by molar-refractivity contribution is -0.145. The number of hydrogen-bond donors (Lipinski definition) is 0. The minimum Gasteiger partial charge on any atom is -0.367 e. The van der Waals surface area contributed by atoms with Gasteiger partial charge >= 0.3 is 6.18 Å². The molecule has 282 valence electrons. The summed E-state index contributed by atoms with van der Waals surface area (Å²) in [7, 11) is 0. The summed E-state index contributed by atoms with van der Waals surface area (Å²) < 4.78 is 39.7. The second-order valence-electron chi connectivity index (χ2n) is 14.3. The van der Waals surface area contributed by atoms with Crippen LogP contribution in [0.3, 0.4) is 0 Å². The summed E-state index contributed by atoms with van der Waals surface area (Å²) in [6, 6.07) is 40.5. The first-order valence-corrected chi connectivity index (χ1v) is 18.9. The van der Waals surface area contributed by atoms with Gasteiger partial charge in [-0.1, -0.05) is 109 Å². The first-order valence-electron chi connectivity index (χ1n) is 18.9. The third-order valence-electron chi connectivity index (χ3n) is 10.6. The highest BCUT2D eigenvalue weighted by molar-refractivity contribution is 5.95. The fraction of sp³-hybridized carbons (Fsp3) is 0.261. The van der Waals surface area contributed by atoms with Crippen molar-refractivity contribution in [2.75, 3.05) is 37.6 Å². The van der Waals surface area contributed by atoms with Crippen molar-refractivity contribution in [3.8, 4) is 0 Å². The number of hydrogen-bond acceptors (Lipinski definition) is 4. The maximum atomic E-state index is 14.6. The Morgan fingerprint density at radius 2 is 1.29 bits per heavy atom. The van der Waals surface area contributed by atoms with Gasteiger partial charge in [0.15, 0.2) is 0 Å². The molecule has 55 heavy (non-hydrogen) atoms. The summed E-state index contributed by atoms with van der Waals surface area (Å²) in [5, 5.41) is 0. The van der Waals surface area contributed by atoms with Crippen molar-refractivity contribution < 1.29 is 22.8 Å². The minimum atomic E-state index is -4.46. The number of benzene rings is 5. The molecule has 7 rings (SSSR count). The number of carbonyl (C=O) groups is 2. The van der Waals surface area contributed by atoms with E-state index in [1.54, 1.807) is 4.90 Å². The molecule has 1 atom stereocenters. The van der Waals surface area contributed by atoms with E-state index in [1.807, 2.05) is 65.6 Å². The predicted molar refractivity (Wildman–Crippen MR) is 211 cm³/mol. The topological polar surface area (TPSA) is 47.1 Å². The zero-order valence-corrected chi connectivity index (χ0v) is 30.7. The van der Waals surface area contributed by atoms with Crippen LogP contribution in [0.1, 0.15) is 38.9 Å². The van der Waals surface area contributed by atoms with Gasteiger partial charge in [0.05, 0.1) is 5.56 Å². The van der Waals surface area contributed by atoms with Crippen LogP contribution in [0.25, 0.3) is 6.08 Å². The lowest BCUT2D eigenvalue weighted by Gasteiger charge is -2.39. The third kappa shape index (κ3) is 9.72. The molecular formula is C46H45F3N4O2. The number of piperazine rings is 1. The van der Waals surface area contributed by atoms with Crippen LogP contribution in [0.15, 0.2) is 140 Å². The van der Waals surface area contributed by atoms with E-state index in [-0.39, 0.29) is 12.5 Å². The summed E-state index contributed by atoms with van der Waals surface area (Å²) in [5.74, 6) is -0.517. The number of nitrogens with zero attached hydrogens (tertiary/aromatic N) is 4. The first-order chi connectivity index (χ1) is 26.7. The summed E-state index contributed by atoms with van der Waals surface area (Å²) >= 11 is 0. The van der Waals surface area contributed by atoms with Gasteiger partial charge in [-0.3, -0.25) is 14.5 Å². The van der Waals surface area contributed by atoms with Gasteiger partial charge in [-0.05, 0) is 70.1 Å². The second kappa shape index (κ2) is 17.2. The highest BCUT2D eigenvalue weighted by Crippen LogP contribution is 2.30. The Bertz CT molecular complexity index is 2060. The fourth-order valence-electron chi connectivity index (χ4n) is 7.46. The largest absolute Gasteiger partial charge is 0.416 e. The maximum Gasteiger partial charge on any atom is 0.416 e. The number of halogens is 3. The molecule has 6 nitrogen and oxygen atoms in total. The van der Waals surface area contributed by atoms with Crippen LogP contribution in [-0.4, -0.2) is 65.3 Å². The number of carbonyl (C=O) groups excluding carboxylic acids is 2. The molecule has 0 saturated carbocycles. The molecule has 5 aromatic carbocycles. The highest BCUT2D eigenvalue weighted by atomic mass is 19.4. The molecule has 0 aromatic heterocycles. The number of alkyl halides is 3. The summed E-state index contributed by atoms with van der Waals surface area (Å²) in [5.41, 5.74) is 6.49. The van der Waals surface area contributed by atoms with Crippen LogP contribution in [0, 0.1) is 0 Å². The van der Waals surface area contributed by atoms with E-state index in [9.17, 15) is 22.8 Å². The van der Waals surface area contributed by atoms with E-state index in [1.165, 1.54) is 41.0 Å². The van der Waals surface area contributed by atoms with Crippen molar-refractivity contribution in [1.29, 1.82) is 0 Å². The first kappa shape index (κ1) is 37.6. The summed E-state index contributed by atoms with van der Waals surface area (Å²) in [4.78, 5) is 37.1. The lowest BCUT2D eigenvalue weighted by atomic mass is 9.99. The fourth-order valence-corrected chi connectivity index (χ4v) is 7.46. The number of amides is 2. The molecule has 0 bridgehead atoms. The van der Waals surface area contributed by atoms with Gasteiger partial charge in [-0.25, -0.2) is 0 Å². The lowest BCUT2D eigenvalue weighted by Crippen LogP contribution is -2.56. The van der Waals surface area contributed by atoms with Gasteiger partial charge < -0.3 is 14.7 Å². The van der Waals surface area contributed by atoms with Gasteiger partial charge in [0.2, 0.25) is 11.8 Å². The summed E-state index contributed by atoms with van der Waals surface area (Å²) in [6.07, 6.45) is -0.296. The average molecular weight is 743 g/mol. The summed E-state index contributed by atoms with van der Waals surface area (Å²) in [6.45, 7) is 5.20. The van der Waals surface area contributed by atoms with Crippen LogP contribution in [0.2, 0.25) is 0 Å². The SMILES string of the molecule is O=C([C@H](Cc1ccccc1)N(Cc1ccc(N2CCc3ccccc3C2)cc1)C(=O)/C=C/c1ccc(C(F)(F)F)cc1)N1CCN(Cc2ccccc2)CC1. The standard InChI is InChI=1S/C46H45F3N4O2/c47-46(48,49)41-20-15-35(16-21-41)19-24-44(54)53(33-38-17-22-42(23-18-38)52-26-25-39-13-7-8-14-40(39)34-52)43(31-36-9-3-1-4-10-36)45(55)51-29-27-50(28-30-51)32-37-11-5-2-6-12-37/h1-24,43H,25-34H2/b24-19+/t43-/m0/s1. The minimum absolute atomic E-state index is 0.122. The molecule has 0 radical (unpaired) electrons. The maximum absolute atomic E-state index is 14.6. The van der Waals surface area contributed by atoms with E-state index in [0.717, 1.165) is 55.0 Å². The normalized spacial score (nSPS) is 15.5. The molecule has 0 aliphatic carbocycles. The predicted octanol–water partition coefficient (Wildman–Crippen LogP) is 8.27. The quantitative estimate of drug-likeness (QED) is 0.128. The van der Waals surface area contributed by atoms with Crippen LogP contribution in [0.5, 0.6) is 0 Å². The third-order valence-corrected chi connectivity index (χ3v) is 10.6. The van der Waals surface area contributed by atoms with E-state index >= 15 is 0 Å². The molecule has 2 amide bonds. The van der Waals surface area contributed by atoms with E-state index in [2.05, 4.69) is 58.3 Å². The van der Waals surface area contributed by atoms with Crippen molar-refractivity contribution >= 4 is 23.6 Å². The molecule has 5 aromatic rings. The van der Waals surface area contributed by atoms with Crippen LogP contribution >= 0.6 is 0 Å². The molecule has 0 unspecified atom stereocenters. The smallest absolute Gasteiger partial charge is 0.367 e. The van der Waals surface area contributed by atoms with Crippen molar-refractivity contribution in [1.82, 2.24) is 14.7 Å². The van der Waals surface area contributed by atoms with Gasteiger partial charge in [0.1, 0.15) is 6.04 Å².